The van der Waals surface area contributed by atoms with Crippen LogP contribution in [0, 0.1) is 0 Å². The molecule has 0 fully saturated rings. The van der Waals surface area contributed by atoms with Crippen LogP contribution in [0.15, 0.2) is 40.9 Å². The van der Waals surface area contributed by atoms with Crippen LogP contribution in [0.25, 0.3) is 0 Å². The highest BCUT2D eigenvalue weighted by molar-refractivity contribution is 9.10. The quantitative estimate of drug-likeness (QED) is 0.506. The molecule has 1 N–H and O–H groups in total. The smallest absolute Gasteiger partial charge is 0.224 e. The van der Waals surface area contributed by atoms with Crippen LogP contribution in [0.2, 0.25) is 5.02 Å². The van der Waals surface area contributed by atoms with E-state index in [0.717, 1.165) is 10.2 Å². The molecule has 0 aliphatic rings. The molecule has 0 bridgehead atoms. The number of benzene rings is 2. The topological polar surface area (TPSA) is 47.6 Å². The molecular formula is C21H25BrClNO3. The van der Waals surface area contributed by atoms with Crippen LogP contribution in [0.1, 0.15) is 39.2 Å². The number of ether oxygens (including phenoxy) is 2. The molecule has 0 aromatic heterocycles. The summed E-state index contributed by atoms with van der Waals surface area (Å²) in [4.78, 5) is 12.1. The minimum absolute atomic E-state index is 0.0815. The molecule has 0 aliphatic heterocycles. The Morgan fingerprint density at radius 3 is 2.44 bits per heavy atom. The Labute approximate surface area is 174 Å². The summed E-state index contributed by atoms with van der Waals surface area (Å²) in [5.41, 5.74) is 1.97. The van der Waals surface area contributed by atoms with E-state index in [-0.39, 0.29) is 11.3 Å². The van der Waals surface area contributed by atoms with Crippen LogP contribution >= 0.6 is 27.5 Å². The average Bonchev–Trinajstić information content (AvgIpc) is 2.59. The van der Waals surface area contributed by atoms with Crippen molar-refractivity contribution in [2.24, 2.45) is 0 Å². The predicted molar refractivity (Wildman–Crippen MR) is 114 cm³/mol. The summed E-state index contributed by atoms with van der Waals surface area (Å²) in [6.07, 6.45) is 0.977. The monoisotopic (exact) mass is 453 g/mol. The van der Waals surface area contributed by atoms with Crippen molar-refractivity contribution in [2.45, 2.75) is 39.0 Å². The van der Waals surface area contributed by atoms with E-state index in [2.05, 4.69) is 54.2 Å². The molecule has 0 heterocycles. The third-order valence-corrected chi connectivity index (χ3v) is 4.95. The Bertz CT molecular complexity index is 802. The van der Waals surface area contributed by atoms with Gasteiger partial charge in [-0.1, -0.05) is 38.4 Å². The van der Waals surface area contributed by atoms with Crippen LogP contribution in [-0.2, 0) is 10.2 Å². The average molecular weight is 455 g/mol. The molecule has 2 rings (SSSR count). The van der Waals surface area contributed by atoms with Crippen LogP contribution in [0.3, 0.4) is 0 Å². The number of amides is 1. The fraction of sp³-hybridized carbons (Fsp3) is 0.381. The van der Waals surface area contributed by atoms with Gasteiger partial charge in [0.2, 0.25) is 5.91 Å². The highest BCUT2D eigenvalue weighted by Crippen LogP contribution is 2.31. The maximum absolute atomic E-state index is 12.1. The number of carbonyl (C=O) groups is 1. The first-order valence-electron chi connectivity index (χ1n) is 8.77. The molecule has 0 atom stereocenters. The standard InChI is InChI=1S/C21H25BrClNO3/c1-21(2,3)14-7-9-18(16(22)12-14)27-11-5-6-20(25)24-15-8-10-19(26-4)17(23)13-15/h7-10,12-13H,5-6,11H2,1-4H3,(H,24,25). The first kappa shape index (κ1) is 21.6. The molecule has 0 aliphatic carbocycles. The molecule has 6 heteroatoms. The van der Waals surface area contributed by atoms with Gasteiger partial charge in [0.25, 0.3) is 0 Å². The number of carbonyl (C=O) groups excluding carboxylic acids is 1. The Hall–Kier alpha value is -1.72. The molecule has 1 amide bonds. The van der Waals surface area contributed by atoms with Gasteiger partial charge in [0.05, 0.1) is 23.2 Å². The van der Waals surface area contributed by atoms with E-state index in [4.69, 9.17) is 21.1 Å². The van der Waals surface area contributed by atoms with E-state index in [0.29, 0.717) is 35.9 Å². The van der Waals surface area contributed by atoms with Crippen molar-refractivity contribution in [2.75, 3.05) is 19.0 Å². The molecule has 0 saturated carbocycles. The second kappa shape index (κ2) is 9.47. The van der Waals surface area contributed by atoms with Crippen molar-refractivity contribution in [3.63, 3.8) is 0 Å². The van der Waals surface area contributed by atoms with Crippen molar-refractivity contribution in [3.8, 4) is 11.5 Å². The number of rotatable bonds is 7. The fourth-order valence-electron chi connectivity index (χ4n) is 2.47. The molecule has 0 unspecified atom stereocenters. The number of anilines is 1. The van der Waals surface area contributed by atoms with Gasteiger partial charge in [-0.05, 0) is 63.7 Å². The lowest BCUT2D eigenvalue weighted by Crippen LogP contribution is -2.13. The van der Waals surface area contributed by atoms with Gasteiger partial charge < -0.3 is 14.8 Å². The molecule has 2 aromatic rings. The van der Waals surface area contributed by atoms with Crippen LogP contribution in [0.5, 0.6) is 11.5 Å². The second-order valence-electron chi connectivity index (χ2n) is 7.24. The highest BCUT2D eigenvalue weighted by Gasteiger charge is 2.15. The van der Waals surface area contributed by atoms with Gasteiger partial charge in [-0.25, -0.2) is 0 Å². The first-order valence-corrected chi connectivity index (χ1v) is 9.94. The Morgan fingerprint density at radius 2 is 1.85 bits per heavy atom. The largest absolute Gasteiger partial charge is 0.495 e. The zero-order valence-electron chi connectivity index (χ0n) is 16.1. The normalized spacial score (nSPS) is 11.2. The van der Waals surface area contributed by atoms with E-state index >= 15 is 0 Å². The molecule has 146 valence electrons. The van der Waals surface area contributed by atoms with Gasteiger partial charge in [-0.15, -0.1) is 0 Å². The summed E-state index contributed by atoms with van der Waals surface area (Å²) in [5.74, 6) is 1.28. The van der Waals surface area contributed by atoms with E-state index in [9.17, 15) is 4.79 Å². The molecule has 27 heavy (non-hydrogen) atoms. The Morgan fingerprint density at radius 1 is 1.15 bits per heavy atom. The summed E-state index contributed by atoms with van der Waals surface area (Å²) in [5, 5.41) is 3.28. The molecular weight excluding hydrogens is 430 g/mol. The van der Waals surface area contributed by atoms with Crippen molar-refractivity contribution in [1.29, 1.82) is 0 Å². The lowest BCUT2D eigenvalue weighted by molar-refractivity contribution is -0.116. The predicted octanol–water partition coefficient (Wildman–Crippen LogP) is 6.21. The van der Waals surface area contributed by atoms with E-state index in [1.54, 1.807) is 25.3 Å². The molecule has 0 spiro atoms. The highest BCUT2D eigenvalue weighted by atomic mass is 79.9. The van der Waals surface area contributed by atoms with Gasteiger partial charge in [-0.3, -0.25) is 4.79 Å². The van der Waals surface area contributed by atoms with E-state index in [1.807, 2.05) is 6.07 Å². The van der Waals surface area contributed by atoms with Gasteiger partial charge in [0.1, 0.15) is 11.5 Å². The summed E-state index contributed by atoms with van der Waals surface area (Å²) < 4.78 is 11.8. The molecule has 0 radical (unpaired) electrons. The summed E-state index contributed by atoms with van der Waals surface area (Å²) in [7, 11) is 1.55. The van der Waals surface area contributed by atoms with Gasteiger partial charge in [0, 0.05) is 12.1 Å². The Balaban J connectivity index is 1.79. The zero-order valence-corrected chi connectivity index (χ0v) is 18.4. The van der Waals surface area contributed by atoms with Gasteiger partial charge in [-0.2, -0.15) is 0 Å². The van der Waals surface area contributed by atoms with Crippen LogP contribution < -0.4 is 14.8 Å². The number of hydrogen-bond acceptors (Lipinski definition) is 3. The summed E-state index contributed by atoms with van der Waals surface area (Å²) in [6.45, 7) is 6.97. The third-order valence-electron chi connectivity index (χ3n) is 4.04. The second-order valence-corrected chi connectivity index (χ2v) is 8.51. The first-order chi connectivity index (χ1) is 12.7. The lowest BCUT2D eigenvalue weighted by Gasteiger charge is -2.20. The minimum atomic E-state index is -0.0815. The SMILES string of the molecule is COc1ccc(NC(=O)CCCOc2ccc(C(C)(C)C)cc2Br)cc1Cl. The van der Waals surface area contributed by atoms with E-state index < -0.39 is 0 Å². The van der Waals surface area contributed by atoms with Crippen molar-refractivity contribution in [1.82, 2.24) is 0 Å². The maximum Gasteiger partial charge on any atom is 0.224 e. The van der Waals surface area contributed by atoms with Gasteiger partial charge >= 0.3 is 0 Å². The number of hydrogen-bond donors (Lipinski definition) is 1. The van der Waals surface area contributed by atoms with Gasteiger partial charge in [0.15, 0.2) is 0 Å². The zero-order chi connectivity index (χ0) is 20.0. The lowest BCUT2D eigenvalue weighted by atomic mass is 9.87. The number of methoxy groups -OCH3 is 1. The third kappa shape index (κ3) is 6.43. The van der Waals surface area contributed by atoms with Crippen molar-refractivity contribution >= 4 is 39.1 Å². The van der Waals surface area contributed by atoms with Crippen LogP contribution in [-0.4, -0.2) is 19.6 Å². The maximum atomic E-state index is 12.1. The number of nitrogens with one attached hydrogen (secondary N) is 1. The van der Waals surface area contributed by atoms with Crippen molar-refractivity contribution in [3.05, 3.63) is 51.5 Å². The van der Waals surface area contributed by atoms with E-state index in [1.165, 1.54) is 5.56 Å². The number of halogens is 2. The summed E-state index contributed by atoms with van der Waals surface area (Å²) >= 11 is 9.62. The summed E-state index contributed by atoms with van der Waals surface area (Å²) in [6, 6.07) is 11.3. The Kier molecular flexibility index (Phi) is 7.57. The van der Waals surface area contributed by atoms with Crippen LogP contribution in [0.4, 0.5) is 5.69 Å². The van der Waals surface area contributed by atoms with Crippen molar-refractivity contribution < 1.29 is 14.3 Å². The molecule has 2 aromatic carbocycles. The molecule has 4 nitrogen and oxygen atoms in total. The fourth-order valence-corrected chi connectivity index (χ4v) is 3.22. The molecule has 0 saturated heterocycles. The minimum Gasteiger partial charge on any atom is -0.495 e.